The highest BCUT2D eigenvalue weighted by atomic mass is 79.9. The first-order valence-corrected chi connectivity index (χ1v) is 6.93. The molecule has 1 heterocycles. The number of thiophene rings is 1. The molecule has 1 N–H and O–H groups in total. The van der Waals surface area contributed by atoms with Crippen LogP contribution in [0.4, 0.5) is 5.69 Å². The molecule has 17 heavy (non-hydrogen) atoms. The van der Waals surface area contributed by atoms with Crippen molar-refractivity contribution in [1.29, 1.82) is 0 Å². The largest absolute Gasteiger partial charge is 0.321 e. The molecule has 1 aromatic carbocycles. The monoisotopic (exact) mass is 329 g/mol. The Morgan fingerprint density at radius 3 is 2.76 bits per heavy atom. The van der Waals surface area contributed by atoms with Crippen LogP contribution in [0, 0.1) is 6.92 Å². The Balaban J connectivity index is 2.22. The Hall–Kier alpha value is -0.840. The number of carbonyl (C=O) groups is 1. The number of carbonyl (C=O) groups excluding carboxylic acids is 1. The molecule has 2 nitrogen and oxygen atoms in total. The Labute approximate surface area is 117 Å². The fraction of sp³-hybridized carbons (Fsp3) is 0.0833. The number of nitrogens with one attached hydrogen (secondary N) is 1. The van der Waals surface area contributed by atoms with E-state index in [-0.39, 0.29) is 5.91 Å². The molecule has 1 amide bonds. The molecule has 0 radical (unpaired) electrons. The maximum Gasteiger partial charge on any atom is 0.266 e. The number of anilines is 1. The van der Waals surface area contributed by atoms with E-state index in [0.29, 0.717) is 9.90 Å². The Morgan fingerprint density at radius 1 is 1.41 bits per heavy atom. The minimum atomic E-state index is -0.114. The topological polar surface area (TPSA) is 29.1 Å². The van der Waals surface area contributed by atoms with Crippen LogP contribution in [-0.2, 0) is 0 Å². The van der Waals surface area contributed by atoms with Gasteiger partial charge < -0.3 is 5.32 Å². The molecule has 5 heteroatoms. The minimum Gasteiger partial charge on any atom is -0.321 e. The number of aryl methyl sites for hydroxylation is 1. The zero-order chi connectivity index (χ0) is 12.4. The van der Waals surface area contributed by atoms with Gasteiger partial charge in [0, 0.05) is 15.2 Å². The molecule has 0 fully saturated rings. The highest BCUT2D eigenvalue weighted by Crippen LogP contribution is 2.25. The molecule has 0 saturated carbocycles. The molecule has 0 spiro atoms. The van der Waals surface area contributed by atoms with E-state index in [1.807, 2.05) is 24.4 Å². The number of hydrogen-bond acceptors (Lipinski definition) is 2. The van der Waals surface area contributed by atoms with E-state index in [2.05, 4.69) is 21.2 Å². The lowest BCUT2D eigenvalue weighted by Gasteiger charge is -2.07. The SMILES string of the molecule is Cc1cc(Cl)ccc1NC(=O)c1sccc1Br. The van der Waals surface area contributed by atoms with Gasteiger partial charge in [-0.2, -0.15) is 0 Å². The fourth-order valence-electron chi connectivity index (χ4n) is 1.40. The van der Waals surface area contributed by atoms with E-state index in [1.165, 1.54) is 11.3 Å². The molecule has 2 rings (SSSR count). The molecule has 0 saturated heterocycles. The summed E-state index contributed by atoms with van der Waals surface area (Å²) in [7, 11) is 0. The van der Waals surface area contributed by atoms with Gasteiger partial charge in [0.05, 0.1) is 0 Å². The second-order valence-electron chi connectivity index (χ2n) is 3.51. The van der Waals surface area contributed by atoms with E-state index in [9.17, 15) is 4.79 Å². The van der Waals surface area contributed by atoms with Crippen LogP contribution in [-0.4, -0.2) is 5.91 Å². The van der Waals surface area contributed by atoms with Crippen molar-refractivity contribution >= 4 is 50.5 Å². The third-order valence-electron chi connectivity index (χ3n) is 2.26. The maximum absolute atomic E-state index is 12.0. The van der Waals surface area contributed by atoms with Gasteiger partial charge in [-0.15, -0.1) is 11.3 Å². The van der Waals surface area contributed by atoms with Gasteiger partial charge in [0.2, 0.25) is 0 Å². The smallest absolute Gasteiger partial charge is 0.266 e. The number of rotatable bonds is 2. The van der Waals surface area contributed by atoms with Crippen molar-refractivity contribution in [3.8, 4) is 0 Å². The van der Waals surface area contributed by atoms with Crippen molar-refractivity contribution in [2.75, 3.05) is 5.32 Å². The van der Waals surface area contributed by atoms with Crippen LogP contribution in [0.2, 0.25) is 5.02 Å². The fourth-order valence-corrected chi connectivity index (χ4v) is 3.08. The lowest BCUT2D eigenvalue weighted by molar-refractivity contribution is 0.103. The summed E-state index contributed by atoms with van der Waals surface area (Å²) in [4.78, 5) is 12.6. The van der Waals surface area contributed by atoms with Crippen LogP contribution in [0.25, 0.3) is 0 Å². The van der Waals surface area contributed by atoms with E-state index in [1.54, 1.807) is 12.1 Å². The minimum absolute atomic E-state index is 0.114. The Bertz CT molecular complexity index is 567. The molecule has 0 bridgehead atoms. The molecule has 0 aliphatic carbocycles. The second kappa shape index (κ2) is 5.21. The third kappa shape index (κ3) is 2.89. The van der Waals surface area contributed by atoms with Crippen LogP contribution in [0.1, 0.15) is 15.2 Å². The summed E-state index contributed by atoms with van der Waals surface area (Å²) in [5, 5.41) is 5.40. The summed E-state index contributed by atoms with van der Waals surface area (Å²) < 4.78 is 0.812. The summed E-state index contributed by atoms with van der Waals surface area (Å²) in [6.45, 7) is 1.91. The highest BCUT2D eigenvalue weighted by Gasteiger charge is 2.12. The van der Waals surface area contributed by atoms with Crippen LogP contribution >= 0.6 is 38.9 Å². The number of amides is 1. The van der Waals surface area contributed by atoms with Crippen LogP contribution in [0.15, 0.2) is 34.1 Å². The normalized spacial score (nSPS) is 10.3. The Kier molecular flexibility index (Phi) is 3.86. The van der Waals surface area contributed by atoms with Crippen LogP contribution < -0.4 is 5.32 Å². The maximum atomic E-state index is 12.0. The average molecular weight is 331 g/mol. The van der Waals surface area contributed by atoms with Gasteiger partial charge in [0.1, 0.15) is 4.88 Å². The molecule has 0 aliphatic heterocycles. The molecule has 88 valence electrons. The number of benzene rings is 1. The molecule has 0 unspecified atom stereocenters. The van der Waals surface area contributed by atoms with Crippen molar-refractivity contribution < 1.29 is 4.79 Å². The number of hydrogen-bond donors (Lipinski definition) is 1. The van der Waals surface area contributed by atoms with Gasteiger partial charge in [0.15, 0.2) is 0 Å². The van der Waals surface area contributed by atoms with E-state index in [4.69, 9.17) is 11.6 Å². The third-order valence-corrected chi connectivity index (χ3v) is 4.33. The van der Waals surface area contributed by atoms with E-state index in [0.717, 1.165) is 15.7 Å². The summed E-state index contributed by atoms with van der Waals surface area (Å²) in [5.41, 5.74) is 1.72. The van der Waals surface area contributed by atoms with Crippen molar-refractivity contribution in [1.82, 2.24) is 0 Å². The first kappa shape index (κ1) is 12.6. The van der Waals surface area contributed by atoms with Crippen molar-refractivity contribution in [3.63, 3.8) is 0 Å². The standard InChI is InChI=1S/C12H9BrClNOS/c1-7-6-8(14)2-3-10(7)15-12(16)11-9(13)4-5-17-11/h2-6H,1H3,(H,15,16). The van der Waals surface area contributed by atoms with E-state index < -0.39 is 0 Å². The van der Waals surface area contributed by atoms with Crippen molar-refractivity contribution in [2.24, 2.45) is 0 Å². The van der Waals surface area contributed by atoms with E-state index >= 15 is 0 Å². The first-order chi connectivity index (χ1) is 8.08. The highest BCUT2D eigenvalue weighted by molar-refractivity contribution is 9.10. The molecule has 0 aliphatic rings. The van der Waals surface area contributed by atoms with Crippen molar-refractivity contribution in [3.05, 3.63) is 49.6 Å². The predicted octanol–water partition coefficient (Wildman–Crippen LogP) is 4.72. The van der Waals surface area contributed by atoms with Gasteiger partial charge in [0.25, 0.3) is 5.91 Å². The second-order valence-corrected chi connectivity index (χ2v) is 5.72. The molecular formula is C12H9BrClNOS. The van der Waals surface area contributed by atoms with Gasteiger partial charge in [-0.1, -0.05) is 11.6 Å². The summed E-state index contributed by atoms with van der Waals surface area (Å²) in [6.07, 6.45) is 0. The quantitative estimate of drug-likeness (QED) is 0.847. The zero-order valence-corrected chi connectivity index (χ0v) is 12.1. The summed E-state index contributed by atoms with van der Waals surface area (Å²) in [5.74, 6) is -0.114. The summed E-state index contributed by atoms with van der Waals surface area (Å²) >= 11 is 10.6. The Morgan fingerprint density at radius 2 is 2.18 bits per heavy atom. The molecular weight excluding hydrogens is 322 g/mol. The van der Waals surface area contributed by atoms with Crippen molar-refractivity contribution in [2.45, 2.75) is 6.92 Å². The van der Waals surface area contributed by atoms with Gasteiger partial charge in [-0.25, -0.2) is 0 Å². The van der Waals surface area contributed by atoms with Gasteiger partial charge in [-0.3, -0.25) is 4.79 Å². The lowest BCUT2D eigenvalue weighted by atomic mass is 10.2. The van der Waals surface area contributed by atoms with Crippen LogP contribution in [0.5, 0.6) is 0 Å². The average Bonchev–Trinajstić information content (AvgIpc) is 2.68. The molecule has 1 aromatic heterocycles. The molecule has 0 atom stereocenters. The first-order valence-electron chi connectivity index (χ1n) is 4.88. The van der Waals surface area contributed by atoms with Gasteiger partial charge >= 0.3 is 0 Å². The number of halogens is 2. The van der Waals surface area contributed by atoms with Crippen LogP contribution in [0.3, 0.4) is 0 Å². The predicted molar refractivity (Wildman–Crippen MR) is 76.2 cm³/mol. The molecule has 2 aromatic rings. The van der Waals surface area contributed by atoms with Gasteiger partial charge in [-0.05, 0) is 58.1 Å². The zero-order valence-electron chi connectivity index (χ0n) is 8.96. The summed E-state index contributed by atoms with van der Waals surface area (Å²) in [6, 6.07) is 7.24. The lowest BCUT2D eigenvalue weighted by Crippen LogP contribution is -2.11.